The molecule has 0 spiro atoms. The van der Waals surface area contributed by atoms with Gasteiger partial charge < -0.3 is 9.13 Å². The van der Waals surface area contributed by atoms with Crippen molar-refractivity contribution >= 4 is 107 Å². The van der Waals surface area contributed by atoms with Crippen molar-refractivity contribution in [3.05, 3.63) is 194 Å². The van der Waals surface area contributed by atoms with Crippen LogP contribution in [0.5, 0.6) is 0 Å². The molecule has 0 radical (unpaired) electrons. The Morgan fingerprint density at radius 3 is 1.17 bits per heavy atom. The molecule has 270 valence electrons. The van der Waals surface area contributed by atoms with Crippen molar-refractivity contribution in [2.45, 2.75) is 0 Å². The lowest BCUT2D eigenvalue weighted by Crippen LogP contribution is -1.93. The van der Waals surface area contributed by atoms with Gasteiger partial charge in [0.05, 0.1) is 22.1 Å². The molecule has 0 aliphatic carbocycles. The highest BCUT2D eigenvalue weighted by Crippen LogP contribution is 2.50. The van der Waals surface area contributed by atoms with Crippen LogP contribution in [0.4, 0.5) is 0 Å². The number of para-hydroxylation sites is 4. The van der Waals surface area contributed by atoms with E-state index in [4.69, 9.17) is 0 Å². The molecule has 0 aliphatic rings. The molecule has 58 heavy (non-hydrogen) atoms. The fourth-order valence-corrected chi connectivity index (χ4v) is 12.1. The SMILES string of the molecule is c1ccc(-c2cccc(-c3c4sc5ccc(-n6c7ccccc7c7ccccc76)cc5c4cc4c3sc3ccc(-n5c6ccccc6c6ccccc65)cc34)c2)cc1. The van der Waals surface area contributed by atoms with Gasteiger partial charge in [0.15, 0.2) is 0 Å². The Balaban J connectivity index is 1.12. The van der Waals surface area contributed by atoms with E-state index in [0.29, 0.717) is 0 Å². The monoisotopic (exact) mass is 772 g/mol. The molecule has 13 aromatic rings. The number of thiophene rings is 2. The van der Waals surface area contributed by atoms with E-state index in [-0.39, 0.29) is 0 Å². The summed E-state index contributed by atoms with van der Waals surface area (Å²) in [6, 6.07) is 71.7. The van der Waals surface area contributed by atoms with Crippen molar-refractivity contribution in [3.63, 3.8) is 0 Å². The Morgan fingerprint density at radius 1 is 0.276 bits per heavy atom. The summed E-state index contributed by atoms with van der Waals surface area (Å²) in [5.41, 5.74) is 12.3. The number of benzene rings is 9. The van der Waals surface area contributed by atoms with Crippen LogP contribution in [0.2, 0.25) is 0 Å². The van der Waals surface area contributed by atoms with Crippen molar-refractivity contribution in [2.75, 3.05) is 0 Å². The Bertz CT molecular complexity index is 3490. The number of fused-ring (bicyclic) bond motifs is 12. The molecule has 0 bridgehead atoms. The molecule has 0 N–H and O–H groups in total. The maximum Gasteiger partial charge on any atom is 0.0541 e. The van der Waals surface area contributed by atoms with Crippen LogP contribution < -0.4 is 0 Å². The van der Waals surface area contributed by atoms with Gasteiger partial charge in [0.1, 0.15) is 0 Å². The van der Waals surface area contributed by atoms with E-state index in [0.717, 1.165) is 0 Å². The summed E-state index contributed by atoms with van der Waals surface area (Å²) in [7, 11) is 0. The third-order valence-corrected chi connectivity index (χ3v) is 14.5. The topological polar surface area (TPSA) is 9.86 Å². The summed E-state index contributed by atoms with van der Waals surface area (Å²) in [4.78, 5) is 0. The molecule has 0 atom stereocenters. The standard InChI is InChI=1S/C54H32N2S2/c1-2-13-33(14-3-1)34-15-12-16-35(29-34)52-53-44(42-30-36(25-27-50(42)57-53)55-46-21-8-4-17-38(46)39-18-5-9-22-47(39)55)32-45-43-31-37(26-28-51(43)58-54(45)52)56-48-23-10-6-19-40(48)41-20-7-11-24-49(41)56/h1-32H. The predicted molar refractivity (Wildman–Crippen MR) is 252 cm³/mol. The molecule has 0 fully saturated rings. The van der Waals surface area contributed by atoms with E-state index in [2.05, 4.69) is 203 Å². The number of aromatic nitrogens is 2. The second kappa shape index (κ2) is 12.3. The molecule has 0 amide bonds. The highest BCUT2D eigenvalue weighted by atomic mass is 32.1. The Hall–Kier alpha value is -6.98. The third kappa shape index (κ3) is 4.58. The average molecular weight is 773 g/mol. The van der Waals surface area contributed by atoms with Gasteiger partial charge >= 0.3 is 0 Å². The second-order valence-corrected chi connectivity index (χ2v) is 17.4. The lowest BCUT2D eigenvalue weighted by atomic mass is 9.96. The van der Waals surface area contributed by atoms with Crippen LogP contribution in [-0.2, 0) is 0 Å². The second-order valence-electron chi connectivity index (χ2n) is 15.3. The van der Waals surface area contributed by atoms with Crippen LogP contribution in [0.15, 0.2) is 194 Å². The van der Waals surface area contributed by atoms with Crippen molar-refractivity contribution in [2.24, 2.45) is 0 Å². The molecular weight excluding hydrogens is 741 g/mol. The zero-order chi connectivity index (χ0) is 37.9. The van der Waals surface area contributed by atoms with Gasteiger partial charge in [-0.2, -0.15) is 0 Å². The van der Waals surface area contributed by atoms with Crippen LogP contribution in [-0.4, -0.2) is 9.13 Å². The number of hydrogen-bond acceptors (Lipinski definition) is 2. The van der Waals surface area contributed by atoms with Crippen LogP contribution >= 0.6 is 22.7 Å². The quantitative estimate of drug-likeness (QED) is 0.169. The van der Waals surface area contributed by atoms with Crippen molar-refractivity contribution < 1.29 is 0 Å². The smallest absolute Gasteiger partial charge is 0.0541 e. The van der Waals surface area contributed by atoms with Gasteiger partial charge in [0.2, 0.25) is 0 Å². The summed E-state index contributed by atoms with van der Waals surface area (Å²) in [5.74, 6) is 0. The first-order chi connectivity index (χ1) is 28.8. The largest absolute Gasteiger partial charge is 0.309 e. The molecule has 4 heterocycles. The maximum absolute atomic E-state index is 2.50. The van der Waals surface area contributed by atoms with E-state index < -0.39 is 0 Å². The van der Waals surface area contributed by atoms with Crippen LogP contribution in [0, 0.1) is 0 Å². The van der Waals surface area contributed by atoms with Crippen LogP contribution in [0.3, 0.4) is 0 Å². The van der Waals surface area contributed by atoms with Crippen molar-refractivity contribution in [1.29, 1.82) is 0 Å². The van der Waals surface area contributed by atoms with Gasteiger partial charge in [-0.25, -0.2) is 0 Å². The summed E-state index contributed by atoms with van der Waals surface area (Å²) in [6.07, 6.45) is 0. The first-order valence-electron chi connectivity index (χ1n) is 19.8. The summed E-state index contributed by atoms with van der Waals surface area (Å²) in [5, 5.41) is 10.3. The fraction of sp³-hybridized carbons (Fsp3) is 0. The van der Waals surface area contributed by atoms with E-state index in [9.17, 15) is 0 Å². The van der Waals surface area contributed by atoms with Gasteiger partial charge in [-0.1, -0.05) is 121 Å². The first-order valence-corrected chi connectivity index (χ1v) is 21.4. The molecule has 2 nitrogen and oxygen atoms in total. The Labute approximate surface area is 341 Å². The Kier molecular flexibility index (Phi) is 6.79. The number of rotatable bonds is 4. The summed E-state index contributed by atoms with van der Waals surface area (Å²) in [6.45, 7) is 0. The summed E-state index contributed by atoms with van der Waals surface area (Å²) >= 11 is 3.84. The predicted octanol–water partition coefficient (Wildman–Crippen LogP) is 16.0. The molecule has 0 unspecified atom stereocenters. The number of nitrogens with zero attached hydrogens (tertiary/aromatic N) is 2. The van der Waals surface area contributed by atoms with E-state index in [1.165, 1.54) is 118 Å². The van der Waals surface area contributed by atoms with Gasteiger partial charge in [0, 0.05) is 78.8 Å². The first kappa shape index (κ1) is 32.1. The van der Waals surface area contributed by atoms with Crippen molar-refractivity contribution in [3.8, 4) is 33.6 Å². The molecular formula is C54H32N2S2. The van der Waals surface area contributed by atoms with Gasteiger partial charge in [-0.05, 0) is 89.5 Å². The lowest BCUT2D eigenvalue weighted by Gasteiger charge is -2.10. The van der Waals surface area contributed by atoms with Gasteiger partial charge in [-0.3, -0.25) is 0 Å². The van der Waals surface area contributed by atoms with Crippen LogP contribution in [0.25, 0.3) is 118 Å². The summed E-state index contributed by atoms with van der Waals surface area (Å²) < 4.78 is 10.1. The lowest BCUT2D eigenvalue weighted by molar-refractivity contribution is 1.19. The highest BCUT2D eigenvalue weighted by molar-refractivity contribution is 7.29. The molecule has 9 aromatic carbocycles. The van der Waals surface area contributed by atoms with Gasteiger partial charge in [-0.15, -0.1) is 22.7 Å². The maximum atomic E-state index is 2.50. The zero-order valence-corrected chi connectivity index (χ0v) is 32.8. The van der Waals surface area contributed by atoms with Crippen LogP contribution in [0.1, 0.15) is 0 Å². The molecule has 0 saturated heterocycles. The minimum Gasteiger partial charge on any atom is -0.309 e. The molecule has 0 aliphatic heterocycles. The molecule has 4 heteroatoms. The normalized spacial score (nSPS) is 12.1. The minimum atomic E-state index is 1.18. The fourth-order valence-electron chi connectivity index (χ4n) is 9.54. The van der Waals surface area contributed by atoms with E-state index in [1.54, 1.807) is 0 Å². The Morgan fingerprint density at radius 2 is 0.690 bits per heavy atom. The highest BCUT2D eigenvalue weighted by Gasteiger charge is 2.21. The van der Waals surface area contributed by atoms with E-state index >= 15 is 0 Å². The van der Waals surface area contributed by atoms with Crippen molar-refractivity contribution in [1.82, 2.24) is 9.13 Å². The zero-order valence-electron chi connectivity index (χ0n) is 31.2. The average Bonchev–Trinajstić information content (AvgIpc) is 4.03. The molecule has 0 saturated carbocycles. The molecule has 13 rings (SSSR count). The minimum absolute atomic E-state index is 1.18. The molecule has 4 aromatic heterocycles. The number of hydrogen-bond donors (Lipinski definition) is 0. The van der Waals surface area contributed by atoms with Gasteiger partial charge in [0.25, 0.3) is 0 Å². The third-order valence-electron chi connectivity index (χ3n) is 12.1. The van der Waals surface area contributed by atoms with E-state index in [1.807, 2.05) is 22.7 Å².